The summed E-state index contributed by atoms with van der Waals surface area (Å²) in [5, 5.41) is 4.13. The molecule has 2 aromatic rings. The van der Waals surface area contributed by atoms with Crippen molar-refractivity contribution in [2.75, 3.05) is 37.7 Å². The maximum absolute atomic E-state index is 12.9. The molecule has 2 aliphatic heterocycles. The summed E-state index contributed by atoms with van der Waals surface area (Å²) in [4.78, 5) is 21.0. The van der Waals surface area contributed by atoms with Crippen LogP contribution in [0.2, 0.25) is 0 Å². The molecule has 2 aliphatic rings. The first-order valence-corrected chi connectivity index (χ1v) is 8.84. The molecule has 0 aliphatic carbocycles. The van der Waals surface area contributed by atoms with Gasteiger partial charge in [-0.1, -0.05) is 18.2 Å². The molecule has 0 saturated carbocycles. The van der Waals surface area contributed by atoms with Crippen LogP contribution in [0.25, 0.3) is 0 Å². The Labute approximate surface area is 147 Å². The Morgan fingerprint density at radius 2 is 2.20 bits per heavy atom. The van der Waals surface area contributed by atoms with E-state index in [1.54, 1.807) is 11.0 Å². The number of para-hydroxylation sites is 1. The van der Waals surface area contributed by atoms with Gasteiger partial charge in [0.25, 0.3) is 0 Å². The van der Waals surface area contributed by atoms with Crippen molar-refractivity contribution in [1.29, 1.82) is 0 Å². The molecule has 1 amide bonds. The number of carbonyl (C=O) groups is 1. The minimum atomic E-state index is 0.0388. The van der Waals surface area contributed by atoms with Crippen LogP contribution in [0.4, 0.5) is 5.69 Å². The molecular weight excluding hydrogens is 318 g/mol. The zero-order valence-corrected chi connectivity index (χ0v) is 14.3. The van der Waals surface area contributed by atoms with Crippen LogP contribution in [-0.2, 0) is 22.5 Å². The first-order valence-electron chi connectivity index (χ1n) is 8.84. The van der Waals surface area contributed by atoms with Gasteiger partial charge in [-0.2, -0.15) is 5.10 Å². The van der Waals surface area contributed by atoms with Crippen molar-refractivity contribution in [1.82, 2.24) is 19.7 Å². The largest absolute Gasteiger partial charge is 0.374 e. The van der Waals surface area contributed by atoms with Crippen LogP contribution in [0.3, 0.4) is 0 Å². The van der Waals surface area contributed by atoms with Crippen molar-refractivity contribution in [3.8, 4) is 0 Å². The van der Waals surface area contributed by atoms with Gasteiger partial charge in [0.1, 0.15) is 12.7 Å². The van der Waals surface area contributed by atoms with Gasteiger partial charge in [-0.25, -0.2) is 4.98 Å². The number of carbonyl (C=O) groups excluding carboxylic acids is 1. The molecule has 0 bridgehead atoms. The van der Waals surface area contributed by atoms with Crippen molar-refractivity contribution in [3.63, 3.8) is 0 Å². The highest BCUT2D eigenvalue weighted by molar-refractivity contribution is 5.95. The van der Waals surface area contributed by atoms with Crippen molar-refractivity contribution in [2.24, 2.45) is 0 Å². The third-order valence-electron chi connectivity index (χ3n) is 4.85. The Hall–Kier alpha value is -2.25. The lowest BCUT2D eigenvalue weighted by Gasteiger charge is -2.35. The zero-order chi connectivity index (χ0) is 17.1. The van der Waals surface area contributed by atoms with Gasteiger partial charge in [-0.3, -0.25) is 14.4 Å². The Balaban J connectivity index is 1.38. The Morgan fingerprint density at radius 3 is 3.08 bits per heavy atom. The highest BCUT2D eigenvalue weighted by atomic mass is 16.5. The summed E-state index contributed by atoms with van der Waals surface area (Å²) >= 11 is 0. The zero-order valence-electron chi connectivity index (χ0n) is 14.3. The van der Waals surface area contributed by atoms with E-state index >= 15 is 0 Å². The van der Waals surface area contributed by atoms with Crippen LogP contribution >= 0.6 is 0 Å². The lowest BCUT2D eigenvalue weighted by atomic mass is 10.0. The van der Waals surface area contributed by atoms with E-state index in [2.05, 4.69) is 27.1 Å². The van der Waals surface area contributed by atoms with E-state index in [9.17, 15) is 4.79 Å². The molecule has 1 atom stereocenters. The Bertz CT molecular complexity index is 718. The van der Waals surface area contributed by atoms with E-state index in [4.69, 9.17) is 4.74 Å². The summed E-state index contributed by atoms with van der Waals surface area (Å²) in [7, 11) is 0. The molecule has 0 N–H and O–H groups in total. The summed E-state index contributed by atoms with van der Waals surface area (Å²) < 4.78 is 7.58. The smallest absolute Gasteiger partial charge is 0.241 e. The van der Waals surface area contributed by atoms with E-state index in [0.717, 1.165) is 38.2 Å². The third kappa shape index (κ3) is 3.72. The number of ether oxygens (including phenoxy) is 1. The highest BCUT2D eigenvalue weighted by Gasteiger charge is 2.27. The predicted octanol–water partition coefficient (Wildman–Crippen LogP) is 0.958. The first-order chi connectivity index (χ1) is 12.3. The fraction of sp³-hybridized carbons (Fsp3) is 0.500. The molecule has 1 aromatic carbocycles. The van der Waals surface area contributed by atoms with Gasteiger partial charge in [0, 0.05) is 25.3 Å². The highest BCUT2D eigenvalue weighted by Crippen LogP contribution is 2.26. The first kappa shape index (κ1) is 16.2. The van der Waals surface area contributed by atoms with Crippen molar-refractivity contribution >= 4 is 11.6 Å². The number of hydrogen-bond donors (Lipinski definition) is 0. The van der Waals surface area contributed by atoms with Crippen molar-refractivity contribution < 1.29 is 9.53 Å². The van der Waals surface area contributed by atoms with E-state index in [-0.39, 0.29) is 12.0 Å². The minimum Gasteiger partial charge on any atom is -0.374 e. The van der Waals surface area contributed by atoms with Crippen LogP contribution in [-0.4, -0.2) is 64.5 Å². The molecule has 4 rings (SSSR count). The number of morpholine rings is 1. The molecule has 1 unspecified atom stereocenters. The summed E-state index contributed by atoms with van der Waals surface area (Å²) in [6.07, 6.45) is 5.34. The van der Waals surface area contributed by atoms with E-state index < -0.39 is 0 Å². The molecule has 7 nitrogen and oxygen atoms in total. The second kappa shape index (κ2) is 7.33. The molecule has 0 spiro atoms. The molecule has 0 radical (unpaired) electrons. The summed E-state index contributed by atoms with van der Waals surface area (Å²) in [5.41, 5.74) is 2.35. The molecule has 25 heavy (non-hydrogen) atoms. The summed E-state index contributed by atoms with van der Waals surface area (Å²) in [6, 6.07) is 8.23. The lowest BCUT2D eigenvalue weighted by molar-refractivity contribution is -0.122. The fourth-order valence-electron chi connectivity index (χ4n) is 3.64. The Morgan fingerprint density at radius 1 is 1.28 bits per heavy atom. The van der Waals surface area contributed by atoms with Crippen LogP contribution in [0.1, 0.15) is 12.0 Å². The minimum absolute atomic E-state index is 0.0388. The number of nitrogens with zero attached hydrogens (tertiary/aromatic N) is 5. The van der Waals surface area contributed by atoms with Crippen molar-refractivity contribution in [2.45, 2.75) is 25.5 Å². The molecule has 1 aromatic heterocycles. The van der Waals surface area contributed by atoms with Gasteiger partial charge in [0.2, 0.25) is 5.91 Å². The lowest BCUT2D eigenvalue weighted by Crippen LogP contribution is -2.49. The number of amides is 1. The molecule has 132 valence electrons. The average Bonchev–Trinajstić information content (AvgIpc) is 3.14. The van der Waals surface area contributed by atoms with Gasteiger partial charge in [-0.15, -0.1) is 0 Å². The van der Waals surface area contributed by atoms with Crippen LogP contribution in [0, 0.1) is 0 Å². The van der Waals surface area contributed by atoms with E-state index in [1.807, 2.05) is 17.0 Å². The number of aromatic nitrogens is 3. The van der Waals surface area contributed by atoms with Crippen LogP contribution in [0.15, 0.2) is 36.9 Å². The molecular formula is C18H23N5O2. The molecule has 1 saturated heterocycles. The number of rotatable bonds is 4. The van der Waals surface area contributed by atoms with E-state index in [0.29, 0.717) is 19.7 Å². The second-order valence-electron chi connectivity index (χ2n) is 6.62. The normalized spacial score (nSPS) is 21.1. The number of fused-ring (bicyclic) bond motifs is 1. The van der Waals surface area contributed by atoms with E-state index in [1.165, 1.54) is 11.9 Å². The predicted molar refractivity (Wildman–Crippen MR) is 93.3 cm³/mol. The standard InChI is InChI=1S/C18H23N5O2/c24-18(23-7-3-5-15-4-1-2-6-17(15)23)12-21-8-9-25-16(10-21)11-22-14-19-13-20-22/h1-2,4,6,13-14,16H,3,5,7-12H2. The number of benzene rings is 1. The molecule has 1 fully saturated rings. The van der Waals surface area contributed by atoms with Crippen LogP contribution < -0.4 is 4.90 Å². The van der Waals surface area contributed by atoms with Gasteiger partial charge >= 0.3 is 0 Å². The fourth-order valence-corrected chi connectivity index (χ4v) is 3.64. The summed E-state index contributed by atoms with van der Waals surface area (Å²) in [5.74, 6) is 0.175. The van der Waals surface area contributed by atoms with Gasteiger partial charge < -0.3 is 9.64 Å². The van der Waals surface area contributed by atoms with Gasteiger partial charge in [-0.05, 0) is 24.5 Å². The second-order valence-corrected chi connectivity index (χ2v) is 6.62. The average molecular weight is 341 g/mol. The quantitative estimate of drug-likeness (QED) is 0.829. The van der Waals surface area contributed by atoms with Crippen molar-refractivity contribution in [3.05, 3.63) is 42.5 Å². The maximum Gasteiger partial charge on any atom is 0.241 e. The topological polar surface area (TPSA) is 63.5 Å². The number of aryl methyl sites for hydroxylation is 1. The molecule has 3 heterocycles. The SMILES string of the molecule is O=C(CN1CCOC(Cn2cncn2)C1)N1CCCc2ccccc21. The third-order valence-corrected chi connectivity index (χ3v) is 4.85. The van der Waals surface area contributed by atoms with Gasteiger partial charge in [0.05, 0.1) is 25.8 Å². The number of hydrogen-bond acceptors (Lipinski definition) is 5. The summed E-state index contributed by atoms with van der Waals surface area (Å²) in [6.45, 7) is 4.07. The Kier molecular flexibility index (Phi) is 4.76. The molecule has 7 heteroatoms. The van der Waals surface area contributed by atoms with Crippen LogP contribution in [0.5, 0.6) is 0 Å². The maximum atomic E-state index is 12.9. The monoisotopic (exact) mass is 341 g/mol. The van der Waals surface area contributed by atoms with Gasteiger partial charge in [0.15, 0.2) is 0 Å². The number of anilines is 1.